The summed E-state index contributed by atoms with van der Waals surface area (Å²) in [5.74, 6) is -0.735. The molecule has 2 saturated heterocycles. The van der Waals surface area contributed by atoms with Crippen LogP contribution in [0.5, 0.6) is 0 Å². The van der Waals surface area contributed by atoms with E-state index in [1.807, 2.05) is 0 Å². The van der Waals surface area contributed by atoms with Crippen molar-refractivity contribution in [3.8, 4) is 0 Å². The smallest absolute Gasteiger partial charge is 0.308 e. The number of rotatable bonds is 4. The van der Waals surface area contributed by atoms with E-state index in [0.29, 0.717) is 6.42 Å². The van der Waals surface area contributed by atoms with Gasteiger partial charge < -0.3 is 18.9 Å². The van der Waals surface area contributed by atoms with Gasteiger partial charge in [0.25, 0.3) is 0 Å². The van der Waals surface area contributed by atoms with Gasteiger partial charge in [0.05, 0.1) is 19.1 Å². The van der Waals surface area contributed by atoms with E-state index >= 15 is 0 Å². The molecule has 0 aromatic carbocycles. The number of fused-ring (bicyclic) bond motifs is 1. The van der Waals surface area contributed by atoms with E-state index in [1.165, 1.54) is 0 Å². The first kappa shape index (κ1) is 14.3. The maximum Gasteiger partial charge on any atom is 0.308 e. The molecule has 0 aliphatic carbocycles. The van der Waals surface area contributed by atoms with Crippen LogP contribution in [-0.2, 0) is 28.5 Å². The molecule has 0 amide bonds. The summed E-state index contributed by atoms with van der Waals surface area (Å²) in [6.07, 6.45) is -1.16. The standard InChI is InChI=1S/C13H20O6/c1-4-10(14)18-8-5-16-12-9(6-17-11(8)12)19-13(15)7(2)3/h7-9,11-12H,4-6H2,1-3H3. The Kier molecular flexibility index (Phi) is 4.42. The Morgan fingerprint density at radius 2 is 1.63 bits per heavy atom. The molecule has 0 bridgehead atoms. The van der Waals surface area contributed by atoms with E-state index < -0.39 is 12.2 Å². The Morgan fingerprint density at radius 1 is 1.11 bits per heavy atom. The fourth-order valence-electron chi connectivity index (χ4n) is 2.17. The molecule has 0 aromatic rings. The summed E-state index contributed by atoms with van der Waals surface area (Å²) in [4.78, 5) is 22.9. The molecule has 19 heavy (non-hydrogen) atoms. The largest absolute Gasteiger partial charge is 0.457 e. The molecule has 4 unspecified atom stereocenters. The van der Waals surface area contributed by atoms with Gasteiger partial charge in [0.2, 0.25) is 0 Å². The van der Waals surface area contributed by atoms with Gasteiger partial charge in [-0.05, 0) is 0 Å². The van der Waals surface area contributed by atoms with E-state index in [1.54, 1.807) is 20.8 Å². The van der Waals surface area contributed by atoms with Gasteiger partial charge in [0, 0.05) is 6.42 Å². The SMILES string of the molecule is CCC(=O)OC1COC2C(OC(=O)C(C)C)COC12. The minimum atomic E-state index is -0.412. The highest BCUT2D eigenvalue weighted by molar-refractivity contribution is 5.71. The number of hydrogen-bond acceptors (Lipinski definition) is 6. The van der Waals surface area contributed by atoms with Crippen molar-refractivity contribution in [3.63, 3.8) is 0 Å². The summed E-state index contributed by atoms with van der Waals surface area (Å²) in [6, 6.07) is 0. The molecule has 0 aromatic heterocycles. The fraction of sp³-hybridized carbons (Fsp3) is 0.846. The second-order valence-electron chi connectivity index (χ2n) is 5.11. The zero-order valence-corrected chi connectivity index (χ0v) is 11.5. The normalized spacial score (nSPS) is 33.3. The quantitative estimate of drug-likeness (QED) is 0.701. The Bertz CT molecular complexity index is 353. The van der Waals surface area contributed by atoms with Crippen LogP contribution in [0.4, 0.5) is 0 Å². The summed E-state index contributed by atoms with van der Waals surface area (Å²) >= 11 is 0. The van der Waals surface area contributed by atoms with Gasteiger partial charge in [0.1, 0.15) is 12.2 Å². The lowest BCUT2D eigenvalue weighted by molar-refractivity contribution is -0.158. The Labute approximate surface area is 112 Å². The summed E-state index contributed by atoms with van der Waals surface area (Å²) in [5.41, 5.74) is 0. The summed E-state index contributed by atoms with van der Waals surface area (Å²) in [6.45, 7) is 5.86. The van der Waals surface area contributed by atoms with E-state index in [-0.39, 0.29) is 43.3 Å². The van der Waals surface area contributed by atoms with Gasteiger partial charge in [-0.2, -0.15) is 0 Å². The lowest BCUT2D eigenvalue weighted by atomic mass is 10.1. The summed E-state index contributed by atoms with van der Waals surface area (Å²) in [5, 5.41) is 0. The van der Waals surface area contributed by atoms with Crippen molar-refractivity contribution >= 4 is 11.9 Å². The van der Waals surface area contributed by atoms with Crippen LogP contribution in [-0.4, -0.2) is 49.6 Å². The van der Waals surface area contributed by atoms with Crippen LogP contribution in [0.25, 0.3) is 0 Å². The maximum atomic E-state index is 11.6. The molecule has 0 N–H and O–H groups in total. The number of carbonyl (C=O) groups excluding carboxylic acids is 2. The van der Waals surface area contributed by atoms with Crippen molar-refractivity contribution in [2.45, 2.75) is 51.6 Å². The second kappa shape index (κ2) is 5.88. The van der Waals surface area contributed by atoms with E-state index in [4.69, 9.17) is 18.9 Å². The molecule has 108 valence electrons. The molecular formula is C13H20O6. The zero-order chi connectivity index (χ0) is 14.0. The third kappa shape index (κ3) is 3.06. The molecule has 6 nitrogen and oxygen atoms in total. The van der Waals surface area contributed by atoms with Crippen molar-refractivity contribution in [3.05, 3.63) is 0 Å². The number of hydrogen-bond donors (Lipinski definition) is 0. The lowest BCUT2D eigenvalue weighted by Crippen LogP contribution is -2.36. The van der Waals surface area contributed by atoms with Crippen LogP contribution in [0, 0.1) is 5.92 Å². The fourth-order valence-corrected chi connectivity index (χ4v) is 2.17. The predicted octanol–water partition coefficient (Wildman–Crippen LogP) is 0.674. The molecule has 2 heterocycles. The highest BCUT2D eigenvalue weighted by Crippen LogP contribution is 2.31. The average molecular weight is 272 g/mol. The van der Waals surface area contributed by atoms with Crippen molar-refractivity contribution in [1.82, 2.24) is 0 Å². The molecular weight excluding hydrogens is 252 g/mol. The van der Waals surface area contributed by atoms with Gasteiger partial charge in [-0.3, -0.25) is 9.59 Å². The highest BCUT2D eigenvalue weighted by Gasteiger charge is 2.51. The number of ether oxygens (including phenoxy) is 4. The molecule has 4 atom stereocenters. The van der Waals surface area contributed by atoms with Gasteiger partial charge >= 0.3 is 11.9 Å². The second-order valence-corrected chi connectivity index (χ2v) is 5.11. The van der Waals surface area contributed by atoms with E-state index in [9.17, 15) is 9.59 Å². The molecule has 0 radical (unpaired) electrons. The Hall–Kier alpha value is -1.14. The first-order valence-electron chi connectivity index (χ1n) is 6.66. The maximum absolute atomic E-state index is 11.6. The molecule has 2 aliphatic heterocycles. The van der Waals surface area contributed by atoms with Crippen LogP contribution in [0.1, 0.15) is 27.2 Å². The van der Waals surface area contributed by atoms with Crippen molar-refractivity contribution in [2.24, 2.45) is 5.92 Å². The monoisotopic (exact) mass is 272 g/mol. The topological polar surface area (TPSA) is 71.1 Å². The lowest BCUT2D eigenvalue weighted by Gasteiger charge is -2.18. The predicted molar refractivity (Wildman–Crippen MR) is 64.4 cm³/mol. The molecule has 2 aliphatic rings. The Morgan fingerprint density at radius 3 is 2.11 bits per heavy atom. The van der Waals surface area contributed by atoms with Crippen molar-refractivity contribution in [2.75, 3.05) is 13.2 Å². The first-order chi connectivity index (χ1) is 9.02. The third-order valence-electron chi connectivity index (χ3n) is 3.27. The van der Waals surface area contributed by atoms with Gasteiger partial charge in [-0.15, -0.1) is 0 Å². The summed E-state index contributed by atoms with van der Waals surface area (Å²) < 4.78 is 21.7. The third-order valence-corrected chi connectivity index (χ3v) is 3.27. The first-order valence-corrected chi connectivity index (χ1v) is 6.66. The van der Waals surface area contributed by atoms with Crippen LogP contribution < -0.4 is 0 Å². The molecule has 2 fully saturated rings. The van der Waals surface area contributed by atoms with Gasteiger partial charge in [0.15, 0.2) is 12.2 Å². The number of esters is 2. The van der Waals surface area contributed by atoms with E-state index in [0.717, 1.165) is 0 Å². The van der Waals surface area contributed by atoms with Crippen LogP contribution in [0.15, 0.2) is 0 Å². The molecule has 0 saturated carbocycles. The minimum Gasteiger partial charge on any atom is -0.457 e. The number of carbonyl (C=O) groups is 2. The van der Waals surface area contributed by atoms with Crippen molar-refractivity contribution < 1.29 is 28.5 Å². The van der Waals surface area contributed by atoms with Gasteiger partial charge in [-0.1, -0.05) is 20.8 Å². The molecule has 0 spiro atoms. The Balaban J connectivity index is 1.90. The summed E-state index contributed by atoms with van der Waals surface area (Å²) in [7, 11) is 0. The van der Waals surface area contributed by atoms with Crippen LogP contribution in [0.3, 0.4) is 0 Å². The highest BCUT2D eigenvalue weighted by atomic mass is 16.7. The van der Waals surface area contributed by atoms with E-state index in [2.05, 4.69) is 0 Å². The van der Waals surface area contributed by atoms with Crippen LogP contribution >= 0.6 is 0 Å². The van der Waals surface area contributed by atoms with Crippen LogP contribution in [0.2, 0.25) is 0 Å². The zero-order valence-electron chi connectivity index (χ0n) is 11.5. The average Bonchev–Trinajstić information content (AvgIpc) is 2.93. The van der Waals surface area contributed by atoms with Crippen molar-refractivity contribution in [1.29, 1.82) is 0 Å². The molecule has 6 heteroatoms. The van der Waals surface area contributed by atoms with Gasteiger partial charge in [-0.25, -0.2) is 0 Å². The molecule has 2 rings (SSSR count). The minimum absolute atomic E-state index is 0.186.